The molecule has 0 unspecified atom stereocenters. The summed E-state index contributed by atoms with van der Waals surface area (Å²) in [5.41, 5.74) is -0.0160. The Morgan fingerprint density at radius 1 is 1.17 bits per heavy atom. The van der Waals surface area contributed by atoms with E-state index < -0.39 is 11.4 Å². The van der Waals surface area contributed by atoms with Gasteiger partial charge >= 0.3 is 5.97 Å². The molecule has 0 saturated heterocycles. The van der Waals surface area contributed by atoms with Crippen molar-refractivity contribution in [2.45, 2.75) is 45.6 Å². The lowest BCUT2D eigenvalue weighted by Gasteiger charge is -2.13. The van der Waals surface area contributed by atoms with Gasteiger partial charge < -0.3 is 19.1 Å². The molecule has 2 aromatic rings. The summed E-state index contributed by atoms with van der Waals surface area (Å²) < 4.78 is 12.5. The number of nitrogens with zero attached hydrogens (tertiary/aromatic N) is 1. The number of unbranched alkanes of at least 4 members (excludes halogenated alkanes) is 4. The molecule has 0 aliphatic carbocycles. The van der Waals surface area contributed by atoms with Gasteiger partial charge in [0, 0.05) is 18.8 Å². The molecule has 0 spiro atoms. The average molecular weight is 331 g/mol. The highest BCUT2D eigenvalue weighted by atomic mass is 16.7. The summed E-state index contributed by atoms with van der Waals surface area (Å²) in [5, 5.41) is 9.67. The number of fused-ring (bicyclic) bond motifs is 2. The van der Waals surface area contributed by atoms with Crippen LogP contribution < -0.4 is 14.9 Å². The molecule has 6 heteroatoms. The third-order valence-corrected chi connectivity index (χ3v) is 4.31. The number of rotatable bonds is 7. The fraction of sp³-hybridized carbons (Fsp3) is 0.444. The van der Waals surface area contributed by atoms with Crippen LogP contribution >= 0.6 is 0 Å². The van der Waals surface area contributed by atoms with Gasteiger partial charge in [-0.25, -0.2) is 4.79 Å². The SMILES string of the molecule is CCCCCCCn1cc(C(=O)O)c(=O)c2cc3c(cc21)OCO3. The maximum absolute atomic E-state index is 12.4. The van der Waals surface area contributed by atoms with Crippen LogP contribution in [0.25, 0.3) is 10.9 Å². The summed E-state index contributed by atoms with van der Waals surface area (Å²) in [6.07, 6.45) is 6.99. The number of aromatic carboxylic acids is 1. The number of carboxylic acids is 1. The van der Waals surface area contributed by atoms with E-state index in [9.17, 15) is 14.7 Å². The maximum Gasteiger partial charge on any atom is 0.341 e. The predicted molar refractivity (Wildman–Crippen MR) is 90.0 cm³/mol. The average Bonchev–Trinajstić information content (AvgIpc) is 3.02. The summed E-state index contributed by atoms with van der Waals surface area (Å²) in [6.45, 7) is 2.94. The number of carboxylic acid groups (broad SMARTS) is 1. The summed E-state index contributed by atoms with van der Waals surface area (Å²) >= 11 is 0. The van der Waals surface area contributed by atoms with Crippen molar-refractivity contribution in [3.8, 4) is 11.5 Å². The van der Waals surface area contributed by atoms with Crippen LogP contribution in [0, 0.1) is 0 Å². The van der Waals surface area contributed by atoms with Gasteiger partial charge in [0.25, 0.3) is 0 Å². The van der Waals surface area contributed by atoms with Gasteiger partial charge in [-0.1, -0.05) is 32.6 Å². The van der Waals surface area contributed by atoms with E-state index in [0.29, 0.717) is 28.9 Å². The van der Waals surface area contributed by atoms with Gasteiger partial charge in [-0.2, -0.15) is 0 Å². The number of aromatic nitrogens is 1. The second kappa shape index (κ2) is 6.95. The quantitative estimate of drug-likeness (QED) is 0.787. The van der Waals surface area contributed by atoms with Crippen molar-refractivity contribution < 1.29 is 19.4 Å². The lowest BCUT2D eigenvalue weighted by molar-refractivity contribution is 0.0694. The minimum Gasteiger partial charge on any atom is -0.477 e. The molecule has 0 saturated carbocycles. The summed E-state index contributed by atoms with van der Waals surface area (Å²) in [7, 11) is 0. The first-order chi connectivity index (χ1) is 11.6. The van der Waals surface area contributed by atoms with Gasteiger partial charge in [0.1, 0.15) is 5.56 Å². The molecular formula is C18H21NO5. The van der Waals surface area contributed by atoms with Gasteiger partial charge in [-0.05, 0) is 12.5 Å². The van der Waals surface area contributed by atoms with E-state index in [2.05, 4.69) is 6.92 Å². The fourth-order valence-corrected chi connectivity index (χ4v) is 3.00. The van der Waals surface area contributed by atoms with Gasteiger partial charge in [0.05, 0.1) is 10.9 Å². The largest absolute Gasteiger partial charge is 0.477 e. The molecule has 1 aromatic heterocycles. The van der Waals surface area contributed by atoms with E-state index >= 15 is 0 Å². The second-order valence-corrected chi connectivity index (χ2v) is 6.01. The monoisotopic (exact) mass is 331 g/mol. The lowest BCUT2D eigenvalue weighted by atomic mass is 10.1. The predicted octanol–water partition coefficient (Wildman–Crippen LogP) is 3.40. The summed E-state index contributed by atoms with van der Waals surface area (Å²) in [4.78, 5) is 23.8. The number of hydrogen-bond donors (Lipinski definition) is 1. The van der Waals surface area contributed by atoms with Crippen molar-refractivity contribution in [3.05, 3.63) is 34.1 Å². The zero-order chi connectivity index (χ0) is 17.1. The molecule has 3 rings (SSSR count). The molecule has 1 aliphatic heterocycles. The van der Waals surface area contributed by atoms with Crippen molar-refractivity contribution >= 4 is 16.9 Å². The van der Waals surface area contributed by atoms with Crippen LogP contribution in [0.1, 0.15) is 49.4 Å². The molecule has 1 N–H and O–H groups in total. The van der Waals surface area contributed by atoms with Crippen LogP contribution in [0.5, 0.6) is 11.5 Å². The molecule has 24 heavy (non-hydrogen) atoms. The Bertz CT molecular complexity index is 824. The third kappa shape index (κ3) is 3.09. The molecule has 6 nitrogen and oxygen atoms in total. The Morgan fingerprint density at radius 2 is 1.88 bits per heavy atom. The standard InChI is InChI=1S/C18H21NO5/c1-2-3-4-5-6-7-19-10-13(18(21)22)17(20)12-8-15-16(9-14(12)19)24-11-23-15/h8-10H,2-7,11H2,1H3,(H,21,22). The maximum atomic E-state index is 12.4. The highest BCUT2D eigenvalue weighted by molar-refractivity contribution is 5.93. The van der Waals surface area contributed by atoms with Crippen molar-refractivity contribution in [2.75, 3.05) is 6.79 Å². The molecule has 2 heterocycles. The van der Waals surface area contributed by atoms with Crippen molar-refractivity contribution in [3.63, 3.8) is 0 Å². The number of ether oxygens (including phenoxy) is 2. The second-order valence-electron chi connectivity index (χ2n) is 6.01. The lowest BCUT2D eigenvalue weighted by Crippen LogP contribution is -2.19. The van der Waals surface area contributed by atoms with Crippen LogP contribution in [0.15, 0.2) is 23.1 Å². The molecule has 128 valence electrons. The van der Waals surface area contributed by atoms with Crippen molar-refractivity contribution in [2.24, 2.45) is 0 Å². The first-order valence-electron chi connectivity index (χ1n) is 8.32. The Hall–Kier alpha value is -2.50. The number of aryl methyl sites for hydroxylation is 1. The topological polar surface area (TPSA) is 77.8 Å². The number of pyridine rings is 1. The molecule has 0 bridgehead atoms. The molecule has 1 aromatic carbocycles. The minimum atomic E-state index is -1.21. The Kier molecular flexibility index (Phi) is 4.74. The van der Waals surface area contributed by atoms with E-state index in [4.69, 9.17) is 9.47 Å². The Morgan fingerprint density at radius 3 is 2.58 bits per heavy atom. The van der Waals surface area contributed by atoms with Gasteiger partial charge in [0.2, 0.25) is 12.2 Å². The van der Waals surface area contributed by atoms with Gasteiger partial charge in [0.15, 0.2) is 11.5 Å². The third-order valence-electron chi connectivity index (χ3n) is 4.31. The number of benzene rings is 1. The van der Waals surface area contributed by atoms with Gasteiger partial charge in [-0.3, -0.25) is 4.79 Å². The number of carbonyl (C=O) groups is 1. The van der Waals surface area contributed by atoms with E-state index in [1.165, 1.54) is 19.0 Å². The summed E-state index contributed by atoms with van der Waals surface area (Å²) in [5.74, 6) is -0.138. The van der Waals surface area contributed by atoms with Crippen LogP contribution in [-0.2, 0) is 6.54 Å². The normalized spacial score (nSPS) is 12.7. The van der Waals surface area contributed by atoms with E-state index in [0.717, 1.165) is 19.3 Å². The first kappa shape index (κ1) is 16.4. The molecule has 0 fully saturated rings. The number of hydrogen-bond acceptors (Lipinski definition) is 4. The van der Waals surface area contributed by atoms with Gasteiger partial charge in [-0.15, -0.1) is 0 Å². The fourth-order valence-electron chi connectivity index (χ4n) is 3.00. The van der Waals surface area contributed by atoms with E-state index in [1.807, 2.05) is 4.57 Å². The highest BCUT2D eigenvalue weighted by Crippen LogP contribution is 2.35. The van der Waals surface area contributed by atoms with Crippen molar-refractivity contribution in [1.82, 2.24) is 4.57 Å². The Labute approximate surface area is 139 Å². The Balaban J connectivity index is 2.01. The zero-order valence-electron chi connectivity index (χ0n) is 13.7. The van der Waals surface area contributed by atoms with Crippen LogP contribution in [0.3, 0.4) is 0 Å². The highest BCUT2D eigenvalue weighted by Gasteiger charge is 2.20. The molecule has 1 aliphatic rings. The van der Waals surface area contributed by atoms with Crippen molar-refractivity contribution in [1.29, 1.82) is 0 Å². The molecule has 0 atom stereocenters. The van der Waals surface area contributed by atoms with E-state index in [-0.39, 0.29) is 12.4 Å². The smallest absolute Gasteiger partial charge is 0.341 e. The van der Waals surface area contributed by atoms with Crippen LogP contribution in [-0.4, -0.2) is 22.4 Å². The van der Waals surface area contributed by atoms with Crippen LogP contribution in [0.2, 0.25) is 0 Å². The first-order valence-corrected chi connectivity index (χ1v) is 8.32. The minimum absolute atomic E-state index is 0.114. The summed E-state index contributed by atoms with van der Waals surface area (Å²) in [6, 6.07) is 3.34. The molecule has 0 radical (unpaired) electrons. The van der Waals surface area contributed by atoms with Crippen LogP contribution in [0.4, 0.5) is 0 Å². The van der Waals surface area contributed by atoms with E-state index in [1.54, 1.807) is 12.1 Å². The molecular weight excluding hydrogens is 310 g/mol. The zero-order valence-corrected chi connectivity index (χ0v) is 13.7. The molecule has 0 amide bonds.